The minimum absolute atomic E-state index is 0.192. The Morgan fingerprint density at radius 3 is 2.19 bits per heavy atom. The molecule has 0 saturated carbocycles. The average molecular weight is 320 g/mol. The van der Waals surface area contributed by atoms with Gasteiger partial charge in [-0.3, -0.25) is 4.79 Å². The molecule has 0 saturated heterocycles. The minimum Gasteiger partial charge on any atom is -0.460 e. The van der Waals surface area contributed by atoms with E-state index in [9.17, 15) is 14.4 Å². The van der Waals surface area contributed by atoms with Crippen LogP contribution in [0.25, 0.3) is 0 Å². The van der Waals surface area contributed by atoms with E-state index in [1.54, 1.807) is 27.7 Å². The van der Waals surface area contributed by atoms with Gasteiger partial charge >= 0.3 is 23.5 Å². The van der Waals surface area contributed by atoms with Crippen LogP contribution in [-0.4, -0.2) is 35.9 Å². The summed E-state index contributed by atoms with van der Waals surface area (Å²) in [7, 11) is 0. The third-order valence-electron chi connectivity index (χ3n) is 2.23. The molecule has 0 aliphatic rings. The number of esters is 2. The first-order chi connectivity index (χ1) is 9.72. The molecule has 122 valence electrons. The average Bonchev–Trinajstić information content (AvgIpc) is 2.37. The van der Waals surface area contributed by atoms with Gasteiger partial charge in [-0.25, -0.2) is 9.59 Å². The molecule has 0 radical (unpaired) electrons. The first kappa shape index (κ1) is 19.8. The second-order valence-electron chi connectivity index (χ2n) is 5.31. The number of unbranched alkanes of at least 4 members (excludes halogenated alkanes) is 1. The van der Waals surface area contributed by atoms with Crippen molar-refractivity contribution in [2.24, 2.45) is 5.41 Å². The van der Waals surface area contributed by atoms with E-state index in [0.29, 0.717) is 12.2 Å². The van der Waals surface area contributed by atoms with Crippen LogP contribution >= 0.6 is 11.8 Å². The normalized spacial score (nSPS) is 12.4. The number of ether oxygens (including phenoxy) is 3. The van der Waals surface area contributed by atoms with Crippen molar-refractivity contribution in [3.05, 3.63) is 0 Å². The van der Waals surface area contributed by atoms with Gasteiger partial charge in [0.2, 0.25) is 0 Å². The maximum Gasteiger partial charge on any atom is 0.389 e. The largest absolute Gasteiger partial charge is 0.460 e. The first-order valence-corrected chi connectivity index (χ1v) is 7.92. The molecule has 0 amide bonds. The molecule has 0 aliphatic carbocycles. The molecule has 0 aromatic carbocycles. The quantitative estimate of drug-likeness (QED) is 0.405. The molecule has 1 unspecified atom stereocenters. The predicted molar refractivity (Wildman–Crippen MR) is 79.8 cm³/mol. The van der Waals surface area contributed by atoms with Gasteiger partial charge < -0.3 is 14.2 Å². The second-order valence-corrected chi connectivity index (χ2v) is 6.51. The predicted octanol–water partition coefficient (Wildman–Crippen LogP) is 3.13. The molecule has 0 heterocycles. The molecule has 0 aromatic rings. The zero-order valence-electron chi connectivity index (χ0n) is 13.3. The first-order valence-electron chi connectivity index (χ1n) is 6.93. The van der Waals surface area contributed by atoms with E-state index in [2.05, 4.69) is 0 Å². The fourth-order valence-electron chi connectivity index (χ4n) is 1.02. The van der Waals surface area contributed by atoms with Gasteiger partial charge in [-0.05, 0) is 39.0 Å². The summed E-state index contributed by atoms with van der Waals surface area (Å²) < 4.78 is 14.7. The number of hydrogen-bond acceptors (Lipinski definition) is 7. The molecule has 0 spiro atoms. The summed E-state index contributed by atoms with van der Waals surface area (Å²) in [4.78, 5) is 35.1. The van der Waals surface area contributed by atoms with Crippen molar-refractivity contribution in [1.82, 2.24) is 0 Å². The van der Waals surface area contributed by atoms with Crippen molar-refractivity contribution < 1.29 is 28.6 Å². The third kappa shape index (κ3) is 8.60. The van der Waals surface area contributed by atoms with Crippen LogP contribution in [-0.2, 0) is 23.8 Å². The topological polar surface area (TPSA) is 78.9 Å². The van der Waals surface area contributed by atoms with E-state index < -0.39 is 28.9 Å². The highest BCUT2D eigenvalue weighted by atomic mass is 32.2. The Labute approximate surface area is 129 Å². The molecule has 0 fully saturated rings. The smallest absolute Gasteiger partial charge is 0.389 e. The third-order valence-corrected chi connectivity index (χ3v) is 2.85. The van der Waals surface area contributed by atoms with Crippen LogP contribution < -0.4 is 0 Å². The van der Waals surface area contributed by atoms with E-state index in [0.717, 1.165) is 18.2 Å². The molecule has 0 bridgehead atoms. The molecule has 1 atom stereocenters. The Morgan fingerprint density at radius 1 is 1.10 bits per heavy atom. The van der Waals surface area contributed by atoms with E-state index in [4.69, 9.17) is 14.2 Å². The lowest BCUT2D eigenvalue weighted by Gasteiger charge is -2.21. The highest BCUT2D eigenvalue weighted by Crippen LogP contribution is 2.18. The maximum atomic E-state index is 11.8. The van der Waals surface area contributed by atoms with Crippen LogP contribution in [0.4, 0.5) is 4.79 Å². The number of hydrogen-bond donors (Lipinski definition) is 0. The van der Waals surface area contributed by atoms with Gasteiger partial charge in [0, 0.05) is 5.75 Å². The van der Waals surface area contributed by atoms with Crippen molar-refractivity contribution in [3.63, 3.8) is 0 Å². The summed E-state index contributed by atoms with van der Waals surface area (Å²) in [5.41, 5.74) is -0.813. The molecule has 0 rings (SSSR count). The maximum absolute atomic E-state index is 11.8. The van der Waals surface area contributed by atoms with Gasteiger partial charge in [-0.2, -0.15) is 0 Å². The van der Waals surface area contributed by atoms with Gasteiger partial charge in [0.05, 0.1) is 12.0 Å². The Kier molecular flexibility index (Phi) is 9.08. The van der Waals surface area contributed by atoms with Gasteiger partial charge in [-0.15, -0.1) is 0 Å². The highest BCUT2D eigenvalue weighted by Gasteiger charge is 2.33. The standard InChI is InChI=1S/C14H24O6S/c1-6-8-9-18-10(15)11(20-13(17)21-7-2)19-12(16)14(3,4)5/h11H,6-9H2,1-5H3. The van der Waals surface area contributed by atoms with E-state index >= 15 is 0 Å². The van der Waals surface area contributed by atoms with Crippen molar-refractivity contribution in [1.29, 1.82) is 0 Å². The lowest BCUT2D eigenvalue weighted by Crippen LogP contribution is -2.37. The summed E-state index contributed by atoms with van der Waals surface area (Å²) >= 11 is 0.880. The molecule has 0 N–H and O–H groups in total. The van der Waals surface area contributed by atoms with Crippen LogP contribution in [0.2, 0.25) is 0 Å². The van der Waals surface area contributed by atoms with Crippen molar-refractivity contribution >= 4 is 29.0 Å². The number of carbonyl (C=O) groups excluding carboxylic acids is 3. The summed E-state index contributed by atoms with van der Waals surface area (Å²) in [6.07, 6.45) is -0.116. The highest BCUT2D eigenvalue weighted by molar-refractivity contribution is 8.13. The summed E-state index contributed by atoms with van der Waals surface area (Å²) in [6, 6.07) is 0. The van der Waals surface area contributed by atoms with Crippen molar-refractivity contribution in [2.75, 3.05) is 12.4 Å². The lowest BCUT2D eigenvalue weighted by molar-refractivity contribution is -0.194. The molecular weight excluding hydrogens is 296 g/mol. The second kappa shape index (κ2) is 9.65. The molecule has 0 aromatic heterocycles. The molecule has 21 heavy (non-hydrogen) atoms. The van der Waals surface area contributed by atoms with E-state index in [1.165, 1.54) is 0 Å². The number of thioether (sulfide) groups is 1. The van der Waals surface area contributed by atoms with Crippen molar-refractivity contribution in [3.8, 4) is 0 Å². The van der Waals surface area contributed by atoms with Crippen LogP contribution in [0.1, 0.15) is 47.5 Å². The van der Waals surface area contributed by atoms with E-state index in [-0.39, 0.29) is 6.61 Å². The fourth-order valence-corrected chi connectivity index (χ4v) is 1.41. The van der Waals surface area contributed by atoms with Crippen LogP contribution in [0.3, 0.4) is 0 Å². The monoisotopic (exact) mass is 320 g/mol. The Hall–Kier alpha value is -1.24. The van der Waals surface area contributed by atoms with Gasteiger partial charge in [0.25, 0.3) is 0 Å². The van der Waals surface area contributed by atoms with Gasteiger partial charge in [0.15, 0.2) is 0 Å². The molecular formula is C14H24O6S. The fraction of sp³-hybridized carbons (Fsp3) is 0.786. The Balaban J connectivity index is 4.71. The summed E-state index contributed by atoms with van der Waals surface area (Å²) in [5.74, 6) is -1.02. The molecule has 6 nitrogen and oxygen atoms in total. The van der Waals surface area contributed by atoms with Gasteiger partial charge in [0.1, 0.15) is 0 Å². The van der Waals surface area contributed by atoms with Crippen LogP contribution in [0.5, 0.6) is 0 Å². The Morgan fingerprint density at radius 2 is 1.71 bits per heavy atom. The summed E-state index contributed by atoms with van der Waals surface area (Å²) in [6.45, 7) is 8.81. The van der Waals surface area contributed by atoms with E-state index in [1.807, 2.05) is 6.92 Å². The van der Waals surface area contributed by atoms with Gasteiger partial charge in [-0.1, -0.05) is 20.3 Å². The number of carbonyl (C=O) groups is 3. The molecule has 0 aliphatic heterocycles. The SMILES string of the molecule is CCCCOC(=O)C(OC(=O)SCC)OC(=O)C(C)(C)C. The van der Waals surface area contributed by atoms with Crippen molar-refractivity contribution in [2.45, 2.75) is 53.8 Å². The zero-order valence-corrected chi connectivity index (χ0v) is 14.1. The summed E-state index contributed by atoms with van der Waals surface area (Å²) in [5, 5.41) is -0.684. The minimum atomic E-state index is -1.65. The van der Waals surface area contributed by atoms with Crippen LogP contribution in [0.15, 0.2) is 0 Å². The molecule has 7 heteroatoms. The lowest BCUT2D eigenvalue weighted by atomic mass is 9.97. The number of rotatable bonds is 7. The zero-order chi connectivity index (χ0) is 16.5. The van der Waals surface area contributed by atoms with Crippen LogP contribution in [0, 0.1) is 5.41 Å². The Bertz CT molecular complexity index is 361.